The first kappa shape index (κ1) is 38.8. The van der Waals surface area contributed by atoms with Gasteiger partial charge in [-0.05, 0) is 79.1 Å². The van der Waals surface area contributed by atoms with Crippen LogP contribution in [0.1, 0.15) is 94.9 Å². The van der Waals surface area contributed by atoms with E-state index >= 15 is 0 Å². The third kappa shape index (κ3) is 5.51. The number of esters is 4. The number of cyclic esters (lactones) is 2. The fourth-order valence-corrected chi connectivity index (χ4v) is 9.15. The third-order valence-electron chi connectivity index (χ3n) is 13.6. The fraction of sp³-hybridized carbons (Fsp3) is 0.650. The first-order valence-corrected chi connectivity index (χ1v) is 18.4. The Bertz CT molecular complexity index is 1640. The van der Waals surface area contributed by atoms with Gasteiger partial charge in [0.2, 0.25) is 12.6 Å². The molecule has 0 aromatic rings. The summed E-state index contributed by atoms with van der Waals surface area (Å²) in [5, 5.41) is 0. The summed E-state index contributed by atoms with van der Waals surface area (Å²) >= 11 is 0. The van der Waals surface area contributed by atoms with E-state index in [2.05, 4.69) is 0 Å². The van der Waals surface area contributed by atoms with Crippen LogP contribution in [-0.2, 0) is 61.9 Å². The van der Waals surface area contributed by atoms with Gasteiger partial charge in [-0.15, -0.1) is 0 Å². The Labute approximate surface area is 309 Å². The van der Waals surface area contributed by atoms with Crippen molar-refractivity contribution in [3.8, 4) is 0 Å². The van der Waals surface area contributed by atoms with Crippen LogP contribution in [0.25, 0.3) is 0 Å². The summed E-state index contributed by atoms with van der Waals surface area (Å²) in [7, 11) is 0. The van der Waals surface area contributed by atoms with Crippen LogP contribution in [0.15, 0.2) is 45.6 Å². The predicted molar refractivity (Wildman–Crippen MR) is 185 cm³/mol. The van der Waals surface area contributed by atoms with E-state index in [9.17, 15) is 28.8 Å². The van der Waals surface area contributed by atoms with Gasteiger partial charge in [0.25, 0.3) is 0 Å². The van der Waals surface area contributed by atoms with Crippen molar-refractivity contribution in [2.24, 2.45) is 22.7 Å². The van der Waals surface area contributed by atoms with Crippen molar-refractivity contribution >= 4 is 36.4 Å². The Hall–Kier alpha value is -3.94. The molecule has 288 valence electrons. The molecule has 0 aromatic carbocycles. The number of fused-ring (bicyclic) bond motifs is 2. The maximum Gasteiger partial charge on any atom is 0.336 e. The molecule has 4 fully saturated rings. The van der Waals surface area contributed by atoms with Gasteiger partial charge in [-0.2, -0.15) is 0 Å². The molecule has 4 aliphatic heterocycles. The van der Waals surface area contributed by atoms with E-state index in [1.165, 1.54) is 13.8 Å². The molecule has 0 amide bonds. The molecule has 0 spiro atoms. The van der Waals surface area contributed by atoms with E-state index in [0.29, 0.717) is 36.8 Å². The van der Waals surface area contributed by atoms with Gasteiger partial charge in [0.05, 0.1) is 12.2 Å². The lowest BCUT2D eigenvalue weighted by atomic mass is 9.57. The Kier molecular flexibility index (Phi) is 9.82. The highest BCUT2D eigenvalue weighted by atomic mass is 16.8. The van der Waals surface area contributed by atoms with Crippen LogP contribution in [0.4, 0.5) is 0 Å². The summed E-state index contributed by atoms with van der Waals surface area (Å²) in [5.74, 6) is -3.39. The van der Waals surface area contributed by atoms with Crippen LogP contribution in [0.3, 0.4) is 0 Å². The van der Waals surface area contributed by atoms with Crippen LogP contribution in [0.5, 0.6) is 0 Å². The highest BCUT2D eigenvalue weighted by Gasteiger charge is 2.76. The minimum atomic E-state index is -1.58. The Balaban J connectivity index is 1.45. The molecular weight excluding hydrogens is 688 g/mol. The van der Waals surface area contributed by atoms with Gasteiger partial charge in [0.1, 0.15) is 12.2 Å². The van der Waals surface area contributed by atoms with Crippen molar-refractivity contribution in [2.45, 2.75) is 143 Å². The van der Waals surface area contributed by atoms with E-state index in [1.807, 2.05) is 13.8 Å². The zero-order chi connectivity index (χ0) is 39.0. The number of rotatable bonds is 12. The average Bonchev–Trinajstić information content (AvgIpc) is 4.03. The number of ether oxygens (including phenoxy) is 7. The number of carbonyl (C=O) groups excluding carboxylic acids is 6. The molecule has 12 atom stereocenters. The summed E-state index contributed by atoms with van der Waals surface area (Å²) < 4.78 is 42.7. The van der Waals surface area contributed by atoms with Crippen molar-refractivity contribution in [1.82, 2.24) is 0 Å². The van der Waals surface area contributed by atoms with Gasteiger partial charge in [0.15, 0.2) is 23.8 Å². The minimum absolute atomic E-state index is 0.0865. The van der Waals surface area contributed by atoms with Crippen molar-refractivity contribution in [2.75, 3.05) is 0 Å². The molecule has 2 saturated heterocycles. The first-order valence-electron chi connectivity index (χ1n) is 18.4. The normalized spacial score (nSPS) is 40.4. The minimum Gasteiger partial charge on any atom is -0.453 e. The molecule has 0 radical (unpaired) electrons. The maximum absolute atomic E-state index is 13.6. The summed E-state index contributed by atoms with van der Waals surface area (Å²) in [6, 6.07) is 0. The average molecular weight is 739 g/mol. The van der Waals surface area contributed by atoms with Crippen LogP contribution < -0.4 is 0 Å². The molecule has 0 unspecified atom stereocenters. The van der Waals surface area contributed by atoms with E-state index in [1.54, 1.807) is 53.7 Å². The van der Waals surface area contributed by atoms with Gasteiger partial charge in [0, 0.05) is 44.3 Å². The molecule has 0 aromatic heterocycles. The highest BCUT2D eigenvalue weighted by molar-refractivity contribution is 5.94. The van der Waals surface area contributed by atoms with Crippen molar-refractivity contribution in [1.29, 1.82) is 0 Å². The van der Waals surface area contributed by atoms with Crippen LogP contribution in [0, 0.1) is 22.7 Å². The quantitative estimate of drug-likeness (QED) is 0.0887. The van der Waals surface area contributed by atoms with E-state index in [4.69, 9.17) is 33.2 Å². The van der Waals surface area contributed by atoms with E-state index in [-0.39, 0.29) is 34.1 Å². The predicted octanol–water partition coefficient (Wildman–Crippen LogP) is 4.70. The molecule has 4 heterocycles. The van der Waals surface area contributed by atoms with Crippen LogP contribution in [0.2, 0.25) is 0 Å². The number of hydrogen-bond acceptors (Lipinski definition) is 13. The third-order valence-corrected chi connectivity index (χ3v) is 13.6. The molecule has 2 saturated carbocycles. The molecule has 13 heteroatoms. The summed E-state index contributed by atoms with van der Waals surface area (Å²) in [6.45, 7) is 17.0. The van der Waals surface area contributed by atoms with Crippen molar-refractivity contribution < 1.29 is 61.9 Å². The number of epoxide rings is 2. The van der Waals surface area contributed by atoms with Crippen LogP contribution in [-0.4, -0.2) is 84.6 Å². The van der Waals surface area contributed by atoms with Crippen LogP contribution >= 0.6 is 0 Å². The van der Waals surface area contributed by atoms with E-state index < -0.39 is 82.9 Å². The fourth-order valence-electron chi connectivity index (χ4n) is 9.15. The zero-order valence-electron chi connectivity index (χ0n) is 32.1. The second kappa shape index (κ2) is 13.4. The Morgan fingerprint density at radius 2 is 1.06 bits per heavy atom. The monoisotopic (exact) mass is 738 g/mol. The van der Waals surface area contributed by atoms with Gasteiger partial charge < -0.3 is 28.4 Å². The van der Waals surface area contributed by atoms with Gasteiger partial charge >= 0.3 is 23.9 Å². The number of carbonyl (C=O) groups is 6. The van der Waals surface area contributed by atoms with Crippen molar-refractivity contribution in [3.63, 3.8) is 0 Å². The largest absolute Gasteiger partial charge is 0.453 e. The lowest BCUT2D eigenvalue weighted by Gasteiger charge is -2.48. The Morgan fingerprint density at radius 1 is 0.698 bits per heavy atom. The second-order valence-corrected chi connectivity index (χ2v) is 15.8. The standard InChI is InChI=1S/C40H50O13/c1-11-19(3)31(43)47-29(37(9)21(5)13-15-25-39(37,17-41)52-25)27-23(7)33(45)49-35(27)51-36-28(24(8)34(46)50-36)30(48-32(44)20(4)12-2)38(10)22(6)14-16-26-40(38,18-42)53-26/h11-12,17-18,21-22,25-26,29-30,35-36H,13-16H2,1-10H3/b19-11-,20-12-/t21-,22+,25+,26-,29-,30-,35-,36-,37-,38+,39+,40-/m0/s1. The molecule has 6 aliphatic rings. The molecular formula is C40H50O13. The lowest BCUT2D eigenvalue weighted by molar-refractivity contribution is -0.214. The lowest BCUT2D eigenvalue weighted by Crippen LogP contribution is -2.58. The molecule has 13 nitrogen and oxygen atoms in total. The summed E-state index contributed by atoms with van der Waals surface area (Å²) in [5.41, 5.74) is -3.98. The highest BCUT2D eigenvalue weighted by Crippen LogP contribution is 2.65. The SMILES string of the molecule is C/C=C(/C)C(=O)O[C@@H](C1=C(C)C(=O)O[C@H]1O[C@@H]1OC(=O)C(C)=C1[C@H](OC(=O)/C(C)=C\C)[C@]1(C)[C@@H](C)CC[C@H]2O[C@]21C=O)[C@@]1(C)[C@H](C)CC[C@@H]2O[C@@]21C=O. The van der Waals surface area contributed by atoms with Gasteiger partial charge in [-0.25, -0.2) is 19.2 Å². The second-order valence-electron chi connectivity index (χ2n) is 15.8. The topological polar surface area (TPSA) is 174 Å². The smallest absolute Gasteiger partial charge is 0.336 e. The molecule has 6 rings (SSSR count). The van der Waals surface area contributed by atoms with Crippen molar-refractivity contribution in [3.05, 3.63) is 45.6 Å². The first-order chi connectivity index (χ1) is 24.9. The molecule has 0 bridgehead atoms. The number of aldehydes is 2. The molecule has 2 aliphatic carbocycles. The molecule has 53 heavy (non-hydrogen) atoms. The summed E-state index contributed by atoms with van der Waals surface area (Å²) in [4.78, 5) is 79.7. The maximum atomic E-state index is 13.6. The van der Waals surface area contributed by atoms with Gasteiger partial charge in [-0.3, -0.25) is 14.3 Å². The zero-order valence-corrected chi connectivity index (χ0v) is 32.1. The number of hydrogen-bond donors (Lipinski definition) is 0. The molecule has 0 N–H and O–H groups in total. The van der Waals surface area contributed by atoms with E-state index in [0.717, 1.165) is 12.6 Å². The Morgan fingerprint density at radius 3 is 1.38 bits per heavy atom. The van der Waals surface area contributed by atoms with Gasteiger partial charge in [-0.1, -0.05) is 39.8 Å². The number of allylic oxidation sites excluding steroid dienone is 2. The summed E-state index contributed by atoms with van der Waals surface area (Å²) in [6.07, 6.45) is 0.695.